The Morgan fingerprint density at radius 2 is 1.75 bits per heavy atom. The number of rotatable bonds is 5. The molecule has 2 aromatic carbocycles. The smallest absolute Gasteiger partial charge is 0.304 e. The molecule has 2 aliphatic heterocycles. The van der Waals surface area contributed by atoms with Gasteiger partial charge in [-0.25, -0.2) is 4.79 Å². The number of imide groups is 1. The SMILES string of the molecule is O=C1C2CCCNC2N(Cc2ccc(Cl)cc2)C(=O)N1CCc1ccccc1. The first-order chi connectivity index (χ1) is 13.6. The van der Waals surface area contributed by atoms with Gasteiger partial charge in [-0.05, 0) is 49.1 Å². The molecule has 146 valence electrons. The van der Waals surface area contributed by atoms with Gasteiger partial charge in [0.15, 0.2) is 0 Å². The minimum atomic E-state index is -0.239. The molecule has 5 nitrogen and oxygen atoms in total. The summed E-state index contributed by atoms with van der Waals surface area (Å²) < 4.78 is 0. The number of amides is 3. The van der Waals surface area contributed by atoms with Crippen LogP contribution in [0.1, 0.15) is 24.0 Å². The number of carbonyl (C=O) groups is 2. The molecule has 6 heteroatoms. The molecular formula is C22H24ClN3O2. The van der Waals surface area contributed by atoms with Crippen molar-refractivity contribution in [3.63, 3.8) is 0 Å². The highest BCUT2D eigenvalue weighted by Crippen LogP contribution is 2.29. The summed E-state index contributed by atoms with van der Waals surface area (Å²) in [6.07, 6.45) is 2.18. The highest BCUT2D eigenvalue weighted by Gasteiger charge is 2.46. The summed E-state index contributed by atoms with van der Waals surface area (Å²) in [7, 11) is 0. The topological polar surface area (TPSA) is 52.7 Å². The van der Waals surface area contributed by atoms with Crippen LogP contribution < -0.4 is 5.32 Å². The zero-order valence-electron chi connectivity index (χ0n) is 15.7. The summed E-state index contributed by atoms with van der Waals surface area (Å²) in [5.41, 5.74) is 2.12. The Morgan fingerprint density at radius 1 is 1.00 bits per heavy atom. The van der Waals surface area contributed by atoms with Crippen molar-refractivity contribution >= 4 is 23.5 Å². The van der Waals surface area contributed by atoms with Gasteiger partial charge < -0.3 is 4.90 Å². The van der Waals surface area contributed by atoms with Crippen molar-refractivity contribution in [2.24, 2.45) is 5.92 Å². The van der Waals surface area contributed by atoms with Gasteiger partial charge >= 0.3 is 6.03 Å². The molecule has 2 saturated heterocycles. The van der Waals surface area contributed by atoms with Crippen LogP contribution in [0.25, 0.3) is 0 Å². The van der Waals surface area contributed by atoms with Crippen LogP contribution in [0.15, 0.2) is 54.6 Å². The van der Waals surface area contributed by atoms with E-state index in [1.165, 1.54) is 4.90 Å². The zero-order chi connectivity index (χ0) is 19.5. The summed E-state index contributed by atoms with van der Waals surface area (Å²) in [5.74, 6) is -0.236. The summed E-state index contributed by atoms with van der Waals surface area (Å²) in [6, 6.07) is 17.3. The molecule has 2 fully saturated rings. The Labute approximate surface area is 170 Å². The van der Waals surface area contributed by atoms with E-state index in [1.54, 1.807) is 4.90 Å². The Hall–Kier alpha value is -2.37. The van der Waals surface area contributed by atoms with Gasteiger partial charge in [-0.3, -0.25) is 15.0 Å². The van der Waals surface area contributed by atoms with Crippen LogP contribution in [0, 0.1) is 5.92 Å². The number of hydrogen-bond donors (Lipinski definition) is 1. The van der Waals surface area contributed by atoms with E-state index >= 15 is 0 Å². The monoisotopic (exact) mass is 397 g/mol. The van der Waals surface area contributed by atoms with Gasteiger partial charge in [-0.2, -0.15) is 0 Å². The van der Waals surface area contributed by atoms with E-state index in [2.05, 4.69) is 5.32 Å². The molecule has 2 atom stereocenters. The van der Waals surface area contributed by atoms with Gasteiger partial charge in [0.05, 0.1) is 12.1 Å². The number of piperidine rings is 1. The molecule has 0 bridgehead atoms. The molecule has 4 rings (SSSR count). The number of fused-ring (bicyclic) bond motifs is 1. The lowest BCUT2D eigenvalue weighted by Gasteiger charge is -2.47. The Bertz CT molecular complexity index is 841. The van der Waals surface area contributed by atoms with Crippen molar-refractivity contribution in [2.45, 2.75) is 32.0 Å². The lowest BCUT2D eigenvalue weighted by atomic mass is 9.91. The molecule has 3 amide bonds. The molecule has 2 heterocycles. The summed E-state index contributed by atoms with van der Waals surface area (Å²) in [6.45, 7) is 1.68. The first-order valence-electron chi connectivity index (χ1n) is 9.77. The van der Waals surface area contributed by atoms with Crippen LogP contribution in [-0.4, -0.2) is 41.0 Å². The Morgan fingerprint density at radius 3 is 2.50 bits per heavy atom. The summed E-state index contributed by atoms with van der Waals surface area (Å²) in [5, 5.41) is 4.06. The van der Waals surface area contributed by atoms with E-state index in [0.717, 1.165) is 30.5 Å². The fourth-order valence-corrected chi connectivity index (χ4v) is 4.20. The van der Waals surface area contributed by atoms with Gasteiger partial charge in [-0.15, -0.1) is 0 Å². The number of halogens is 1. The standard InChI is InChI=1S/C22H24ClN3O2/c23-18-10-8-17(9-11-18)15-26-20-19(7-4-13-24-20)21(27)25(22(26)28)14-12-16-5-2-1-3-6-16/h1-3,5-6,8-11,19-20,24H,4,7,12-15H2. The van der Waals surface area contributed by atoms with E-state index in [0.29, 0.717) is 24.5 Å². The zero-order valence-corrected chi connectivity index (χ0v) is 16.4. The minimum absolute atomic E-state index is 0.0505. The van der Waals surface area contributed by atoms with Crippen molar-refractivity contribution in [3.05, 3.63) is 70.7 Å². The molecule has 0 radical (unpaired) electrons. The van der Waals surface area contributed by atoms with E-state index in [4.69, 9.17) is 11.6 Å². The van der Waals surface area contributed by atoms with Gasteiger partial charge in [0.2, 0.25) is 5.91 Å². The highest BCUT2D eigenvalue weighted by molar-refractivity contribution is 6.30. The van der Waals surface area contributed by atoms with Crippen LogP contribution in [0.4, 0.5) is 4.79 Å². The van der Waals surface area contributed by atoms with E-state index in [1.807, 2.05) is 54.6 Å². The average molecular weight is 398 g/mol. The van der Waals surface area contributed by atoms with Gasteiger partial charge in [0.1, 0.15) is 0 Å². The largest absolute Gasteiger partial charge is 0.328 e. The Kier molecular flexibility index (Phi) is 5.64. The lowest BCUT2D eigenvalue weighted by molar-refractivity contribution is -0.141. The van der Waals surface area contributed by atoms with Crippen LogP contribution in [-0.2, 0) is 17.8 Å². The highest BCUT2D eigenvalue weighted by atomic mass is 35.5. The molecule has 2 aromatic rings. The predicted octanol–water partition coefficient (Wildman–Crippen LogP) is 3.67. The molecule has 2 aliphatic rings. The molecule has 1 N–H and O–H groups in total. The van der Waals surface area contributed by atoms with Gasteiger partial charge in [0, 0.05) is 18.1 Å². The number of hydrogen-bond acceptors (Lipinski definition) is 3. The fraction of sp³-hybridized carbons (Fsp3) is 0.364. The number of benzene rings is 2. The second-order valence-electron chi connectivity index (χ2n) is 7.41. The quantitative estimate of drug-likeness (QED) is 0.837. The molecular weight excluding hydrogens is 374 g/mol. The van der Waals surface area contributed by atoms with Crippen molar-refractivity contribution in [2.75, 3.05) is 13.1 Å². The van der Waals surface area contributed by atoms with Crippen molar-refractivity contribution < 1.29 is 9.59 Å². The van der Waals surface area contributed by atoms with Crippen LogP contribution >= 0.6 is 11.6 Å². The van der Waals surface area contributed by atoms with E-state index in [9.17, 15) is 9.59 Å². The minimum Gasteiger partial charge on any atom is -0.304 e. The van der Waals surface area contributed by atoms with E-state index < -0.39 is 0 Å². The second-order valence-corrected chi connectivity index (χ2v) is 7.85. The molecule has 2 unspecified atom stereocenters. The normalized spacial score (nSPS) is 22.3. The molecule has 0 aromatic heterocycles. The fourth-order valence-electron chi connectivity index (χ4n) is 4.07. The number of nitrogens with one attached hydrogen (secondary N) is 1. The van der Waals surface area contributed by atoms with Crippen molar-refractivity contribution in [1.29, 1.82) is 0 Å². The Balaban J connectivity index is 1.55. The number of nitrogens with zero attached hydrogens (tertiary/aromatic N) is 2. The third-order valence-electron chi connectivity index (χ3n) is 5.56. The molecule has 0 spiro atoms. The first kappa shape index (κ1) is 19.0. The first-order valence-corrected chi connectivity index (χ1v) is 10.1. The summed E-state index contributed by atoms with van der Waals surface area (Å²) in [4.78, 5) is 29.5. The van der Waals surface area contributed by atoms with Crippen LogP contribution in [0.2, 0.25) is 5.02 Å². The molecule has 0 aliphatic carbocycles. The lowest BCUT2D eigenvalue weighted by Crippen LogP contribution is -2.67. The maximum atomic E-state index is 13.2. The number of carbonyl (C=O) groups excluding carboxylic acids is 2. The van der Waals surface area contributed by atoms with Gasteiger partial charge in [0.25, 0.3) is 0 Å². The third kappa shape index (κ3) is 3.91. The average Bonchev–Trinajstić information content (AvgIpc) is 2.73. The van der Waals surface area contributed by atoms with Crippen LogP contribution in [0.5, 0.6) is 0 Å². The van der Waals surface area contributed by atoms with Crippen LogP contribution in [0.3, 0.4) is 0 Å². The second kappa shape index (κ2) is 8.33. The van der Waals surface area contributed by atoms with Crippen molar-refractivity contribution in [1.82, 2.24) is 15.1 Å². The molecule has 28 heavy (non-hydrogen) atoms. The number of urea groups is 1. The summed E-state index contributed by atoms with van der Waals surface area (Å²) >= 11 is 5.99. The third-order valence-corrected chi connectivity index (χ3v) is 5.81. The maximum Gasteiger partial charge on any atom is 0.328 e. The van der Waals surface area contributed by atoms with E-state index in [-0.39, 0.29) is 24.0 Å². The predicted molar refractivity (Wildman–Crippen MR) is 109 cm³/mol. The maximum absolute atomic E-state index is 13.2. The van der Waals surface area contributed by atoms with Crippen molar-refractivity contribution in [3.8, 4) is 0 Å². The van der Waals surface area contributed by atoms with Gasteiger partial charge in [-0.1, -0.05) is 54.1 Å². The molecule has 0 saturated carbocycles.